The number of rotatable bonds is 2. The molecule has 0 unspecified atom stereocenters. The van der Waals surface area contributed by atoms with Gasteiger partial charge in [0, 0.05) is 16.3 Å². The van der Waals surface area contributed by atoms with Crippen LogP contribution in [0.3, 0.4) is 0 Å². The van der Waals surface area contributed by atoms with E-state index in [0.29, 0.717) is 6.04 Å². The van der Waals surface area contributed by atoms with Crippen molar-refractivity contribution in [3.05, 3.63) is 0 Å². The third kappa shape index (κ3) is 4.18. The van der Waals surface area contributed by atoms with E-state index >= 15 is 0 Å². The molecule has 0 aromatic heterocycles. The Bertz CT molecular complexity index is 28.7. The van der Waals surface area contributed by atoms with Crippen LogP contribution in [0.15, 0.2) is 0 Å². The quantitative estimate of drug-likeness (QED) is 0.456. The van der Waals surface area contributed by atoms with Gasteiger partial charge in [-0.05, 0) is 6.17 Å². The van der Waals surface area contributed by atoms with E-state index in [1.54, 1.807) is 0 Å². The third-order valence-electron chi connectivity index (χ3n) is 0.612. The van der Waals surface area contributed by atoms with Crippen molar-refractivity contribution in [2.24, 2.45) is 0 Å². The first-order valence-electron chi connectivity index (χ1n) is 2.50. The van der Waals surface area contributed by atoms with Crippen LogP contribution in [0.2, 0.25) is 0 Å². The largest absolute Gasteiger partial charge is 0.318 e. The average Bonchev–Trinajstić information content (AvgIpc) is 1.35. The smallest absolute Gasteiger partial charge is 0.0201 e. The highest BCUT2D eigenvalue weighted by molar-refractivity contribution is 6.08. The minimum Gasteiger partial charge on any atom is -0.318 e. The molecule has 0 saturated carbocycles. The molecule has 1 nitrogen and oxygen atoms in total. The maximum absolute atomic E-state index is 3.27. The molecule has 0 spiro atoms. The van der Waals surface area contributed by atoms with Gasteiger partial charge >= 0.3 is 0 Å². The topological polar surface area (TPSA) is 12.0 Å². The van der Waals surface area contributed by atoms with Gasteiger partial charge in [0.1, 0.15) is 0 Å². The van der Waals surface area contributed by atoms with Gasteiger partial charge in [0.05, 0.1) is 0 Å². The molecule has 0 saturated heterocycles. The van der Waals surface area contributed by atoms with E-state index < -0.39 is 0 Å². The zero-order valence-electron chi connectivity index (χ0n) is 4.78. The Balaban J connectivity index is 2.63. The highest BCUT2D eigenvalue weighted by atomic mass is 28.1. The summed E-state index contributed by atoms with van der Waals surface area (Å²) in [5, 5.41) is 3.27. The molecular weight excluding hydrogens is 90.1 g/mol. The second-order valence-electron chi connectivity index (χ2n) is 1.71. The van der Waals surface area contributed by atoms with Crippen molar-refractivity contribution >= 4 is 10.2 Å². The molecule has 0 aromatic rings. The van der Waals surface area contributed by atoms with Crippen LogP contribution < -0.4 is 5.32 Å². The van der Waals surface area contributed by atoms with Crippen LogP contribution in [0.1, 0.15) is 13.8 Å². The van der Waals surface area contributed by atoms with E-state index in [4.69, 9.17) is 0 Å². The van der Waals surface area contributed by atoms with Crippen molar-refractivity contribution in [2.75, 3.05) is 6.17 Å². The molecule has 0 aromatic carbocycles. The summed E-state index contributed by atoms with van der Waals surface area (Å²) in [6, 6.07) is 0.683. The fraction of sp³-hybridized carbons (Fsp3) is 1.00. The van der Waals surface area contributed by atoms with Crippen molar-refractivity contribution in [3.8, 4) is 0 Å². The first-order chi connectivity index (χ1) is 2.77. The molecule has 0 radical (unpaired) electrons. The maximum atomic E-state index is 3.27. The molecule has 1 N–H and O–H groups in total. The number of nitrogens with one attached hydrogen (secondary N) is 1. The molecule has 0 aliphatic heterocycles. The normalized spacial score (nSPS) is 10.5. The second-order valence-corrected chi connectivity index (χ2v) is 2.42. The van der Waals surface area contributed by atoms with E-state index in [-0.39, 0.29) is 0 Å². The van der Waals surface area contributed by atoms with Gasteiger partial charge in [-0.3, -0.25) is 0 Å². The molecule has 0 fully saturated rings. The molecule has 0 amide bonds. The van der Waals surface area contributed by atoms with Gasteiger partial charge in [-0.15, -0.1) is 0 Å². The van der Waals surface area contributed by atoms with E-state index in [0.717, 1.165) is 0 Å². The van der Waals surface area contributed by atoms with Gasteiger partial charge in [0.25, 0.3) is 0 Å². The number of hydrogen-bond donors (Lipinski definition) is 1. The second kappa shape index (κ2) is 3.37. The van der Waals surface area contributed by atoms with Crippen molar-refractivity contribution in [1.29, 1.82) is 0 Å². The zero-order chi connectivity index (χ0) is 4.99. The molecule has 0 heterocycles. The van der Waals surface area contributed by atoms with Gasteiger partial charge < -0.3 is 5.32 Å². The summed E-state index contributed by atoms with van der Waals surface area (Å²) in [5.74, 6) is 0. The number of hydrogen-bond acceptors (Lipinski definition) is 1. The highest BCUT2D eigenvalue weighted by Gasteiger charge is 1.82. The van der Waals surface area contributed by atoms with Crippen LogP contribution >= 0.6 is 0 Å². The molecule has 0 atom stereocenters. The van der Waals surface area contributed by atoms with E-state index in [1.807, 2.05) is 0 Å². The molecule has 0 aliphatic rings. The van der Waals surface area contributed by atoms with Gasteiger partial charge in [-0.1, -0.05) is 13.8 Å². The Morgan fingerprint density at radius 2 is 2.17 bits per heavy atom. The SMILES string of the molecule is CC(C)NC[SiH3]. The van der Waals surface area contributed by atoms with Crippen LogP contribution in [0.5, 0.6) is 0 Å². The summed E-state index contributed by atoms with van der Waals surface area (Å²) in [7, 11) is 1.28. The molecule has 2 heteroatoms. The summed E-state index contributed by atoms with van der Waals surface area (Å²) in [4.78, 5) is 0. The average molecular weight is 103 g/mol. The minimum atomic E-state index is 0.683. The maximum Gasteiger partial charge on any atom is 0.0201 e. The Kier molecular flexibility index (Phi) is 3.47. The summed E-state index contributed by atoms with van der Waals surface area (Å²) in [5.41, 5.74) is 0. The van der Waals surface area contributed by atoms with Crippen LogP contribution in [-0.2, 0) is 0 Å². The molecular formula is C4H13NSi. The Labute approximate surface area is 42.6 Å². The highest BCUT2D eigenvalue weighted by Crippen LogP contribution is 1.69. The van der Waals surface area contributed by atoms with Crippen LogP contribution in [0.25, 0.3) is 0 Å². The summed E-state index contributed by atoms with van der Waals surface area (Å²) in [6.07, 6.45) is 1.22. The predicted molar refractivity (Wildman–Crippen MR) is 33.1 cm³/mol. The zero-order valence-corrected chi connectivity index (χ0v) is 6.78. The first-order valence-corrected chi connectivity index (χ1v) is 3.92. The van der Waals surface area contributed by atoms with Crippen LogP contribution in [0.4, 0.5) is 0 Å². The Hall–Kier alpha value is 0.177. The van der Waals surface area contributed by atoms with Gasteiger partial charge in [0.15, 0.2) is 0 Å². The van der Waals surface area contributed by atoms with Crippen molar-refractivity contribution in [1.82, 2.24) is 5.32 Å². The lowest BCUT2D eigenvalue weighted by Crippen LogP contribution is -2.23. The lowest BCUT2D eigenvalue weighted by Gasteiger charge is -2.00. The molecule has 38 valence electrons. The Morgan fingerprint density at radius 3 is 2.17 bits per heavy atom. The van der Waals surface area contributed by atoms with E-state index in [9.17, 15) is 0 Å². The molecule has 0 bridgehead atoms. The Morgan fingerprint density at radius 1 is 1.67 bits per heavy atom. The van der Waals surface area contributed by atoms with E-state index in [2.05, 4.69) is 19.2 Å². The van der Waals surface area contributed by atoms with Crippen molar-refractivity contribution in [3.63, 3.8) is 0 Å². The minimum absolute atomic E-state index is 0.683. The molecule has 0 rings (SSSR count). The third-order valence-corrected chi connectivity index (χ3v) is 1.02. The molecule has 0 aliphatic carbocycles. The van der Waals surface area contributed by atoms with Gasteiger partial charge in [0.2, 0.25) is 0 Å². The van der Waals surface area contributed by atoms with E-state index in [1.165, 1.54) is 16.4 Å². The first kappa shape index (κ1) is 6.18. The van der Waals surface area contributed by atoms with Gasteiger partial charge in [-0.25, -0.2) is 0 Å². The fourth-order valence-electron chi connectivity index (χ4n) is 0.408. The standard InChI is InChI=1S/C4H13NSi/c1-4(2)5-3-6/h4-5H,3H2,1-2,6H3. The summed E-state index contributed by atoms with van der Waals surface area (Å²) < 4.78 is 0. The van der Waals surface area contributed by atoms with Crippen molar-refractivity contribution in [2.45, 2.75) is 19.9 Å². The predicted octanol–water partition coefficient (Wildman–Crippen LogP) is -0.693. The van der Waals surface area contributed by atoms with Crippen molar-refractivity contribution < 1.29 is 0 Å². The summed E-state index contributed by atoms with van der Waals surface area (Å²) >= 11 is 0. The molecule has 6 heavy (non-hydrogen) atoms. The fourth-order valence-corrected chi connectivity index (χ4v) is 1.22. The van der Waals surface area contributed by atoms with Gasteiger partial charge in [-0.2, -0.15) is 0 Å². The monoisotopic (exact) mass is 103 g/mol. The van der Waals surface area contributed by atoms with Crippen LogP contribution in [-0.4, -0.2) is 22.5 Å². The summed E-state index contributed by atoms with van der Waals surface area (Å²) in [6.45, 7) is 4.33. The lowest BCUT2D eigenvalue weighted by atomic mass is 10.4. The lowest BCUT2D eigenvalue weighted by molar-refractivity contribution is 0.651. The van der Waals surface area contributed by atoms with Crippen LogP contribution in [0, 0.1) is 0 Å².